The van der Waals surface area contributed by atoms with Crippen molar-refractivity contribution in [3.05, 3.63) is 65.7 Å². The first-order valence-electron chi connectivity index (χ1n) is 12.4. The number of nitrogens with zero attached hydrogens (tertiary/aromatic N) is 2. The van der Waals surface area contributed by atoms with Crippen molar-refractivity contribution >= 4 is 27.5 Å². The largest absolute Gasteiger partial charge is 0.352 e. The van der Waals surface area contributed by atoms with Crippen LogP contribution in [0.3, 0.4) is 0 Å². The lowest BCUT2D eigenvalue weighted by Gasteiger charge is -2.32. The summed E-state index contributed by atoms with van der Waals surface area (Å²) in [7, 11) is -3.71. The molecular weight excluding hydrogens is 462 g/mol. The van der Waals surface area contributed by atoms with Crippen LogP contribution in [0.2, 0.25) is 0 Å². The molecule has 8 heteroatoms. The van der Waals surface area contributed by atoms with Gasteiger partial charge in [-0.2, -0.15) is 0 Å². The summed E-state index contributed by atoms with van der Waals surface area (Å²) in [5.41, 5.74) is 2.56. The second-order valence-corrected chi connectivity index (χ2v) is 11.2. The molecule has 7 nitrogen and oxygen atoms in total. The predicted molar refractivity (Wildman–Crippen MR) is 140 cm³/mol. The number of hydrogen-bond acceptors (Lipinski definition) is 4. The van der Waals surface area contributed by atoms with Gasteiger partial charge >= 0.3 is 0 Å². The van der Waals surface area contributed by atoms with Gasteiger partial charge in [-0.15, -0.1) is 0 Å². The van der Waals surface area contributed by atoms with E-state index in [1.807, 2.05) is 49.4 Å². The molecule has 1 unspecified atom stereocenters. The fourth-order valence-corrected chi connectivity index (χ4v) is 5.32. The van der Waals surface area contributed by atoms with Crippen LogP contribution in [-0.4, -0.2) is 56.6 Å². The maximum absolute atomic E-state index is 13.5. The zero-order valence-corrected chi connectivity index (χ0v) is 21.8. The number of benzene rings is 2. The first-order valence-corrected chi connectivity index (χ1v) is 14.2. The standard InChI is InChI=1S/C27H37N3O4S/c1-4-22-14-16-25(17-15-22)30(35(3,33)34)20-26(31)29(19-18-23-10-6-5-7-11-23)21(2)27(32)28-24-12-8-9-13-24/h5-7,10-11,14-17,21,24H,4,8-9,12-13,18-20H2,1-3H3,(H,28,32). The number of nitrogens with one attached hydrogen (secondary N) is 1. The normalized spacial score (nSPS) is 14.9. The zero-order valence-electron chi connectivity index (χ0n) is 20.9. The average Bonchev–Trinajstić information content (AvgIpc) is 3.35. The zero-order chi connectivity index (χ0) is 25.4. The summed E-state index contributed by atoms with van der Waals surface area (Å²) < 4.78 is 26.4. The molecule has 2 aromatic carbocycles. The van der Waals surface area contributed by atoms with Gasteiger partial charge in [-0.25, -0.2) is 8.42 Å². The van der Waals surface area contributed by atoms with Crippen LogP contribution in [0, 0.1) is 0 Å². The highest BCUT2D eigenvalue weighted by Gasteiger charge is 2.31. The van der Waals surface area contributed by atoms with Gasteiger partial charge in [0.25, 0.3) is 0 Å². The van der Waals surface area contributed by atoms with E-state index in [4.69, 9.17) is 0 Å². The van der Waals surface area contributed by atoms with Crippen LogP contribution < -0.4 is 9.62 Å². The Morgan fingerprint density at radius 3 is 2.20 bits per heavy atom. The van der Waals surface area contributed by atoms with Crippen LogP contribution >= 0.6 is 0 Å². The number of rotatable bonds is 11. The van der Waals surface area contributed by atoms with Crippen LogP contribution in [-0.2, 0) is 32.5 Å². The van der Waals surface area contributed by atoms with Crippen LogP contribution in [0.1, 0.15) is 50.7 Å². The van der Waals surface area contributed by atoms with Gasteiger partial charge in [0, 0.05) is 12.6 Å². The van der Waals surface area contributed by atoms with Gasteiger partial charge in [0.1, 0.15) is 12.6 Å². The van der Waals surface area contributed by atoms with Crippen molar-refractivity contribution in [3.63, 3.8) is 0 Å². The molecule has 0 radical (unpaired) electrons. The fraction of sp³-hybridized carbons (Fsp3) is 0.481. The molecule has 2 aromatic rings. The van der Waals surface area contributed by atoms with Gasteiger partial charge in [0.15, 0.2) is 0 Å². The molecule has 0 saturated heterocycles. The van der Waals surface area contributed by atoms with Gasteiger partial charge in [0.2, 0.25) is 21.8 Å². The van der Waals surface area contributed by atoms with Gasteiger partial charge in [-0.05, 0) is 55.9 Å². The van der Waals surface area contributed by atoms with Crippen molar-refractivity contribution < 1.29 is 18.0 Å². The first-order chi connectivity index (χ1) is 16.7. The van der Waals surface area contributed by atoms with E-state index in [1.54, 1.807) is 19.1 Å². The van der Waals surface area contributed by atoms with Crippen molar-refractivity contribution in [2.24, 2.45) is 0 Å². The maximum Gasteiger partial charge on any atom is 0.244 e. The highest BCUT2D eigenvalue weighted by atomic mass is 32.2. The molecule has 1 atom stereocenters. The van der Waals surface area contributed by atoms with E-state index in [2.05, 4.69) is 5.32 Å². The molecule has 1 saturated carbocycles. The summed E-state index contributed by atoms with van der Waals surface area (Å²) in [6.45, 7) is 3.69. The lowest BCUT2D eigenvalue weighted by atomic mass is 10.1. The lowest BCUT2D eigenvalue weighted by molar-refractivity contribution is -0.139. The molecule has 0 spiro atoms. The van der Waals surface area contributed by atoms with Crippen LogP contribution in [0.25, 0.3) is 0 Å². The van der Waals surface area contributed by atoms with Gasteiger partial charge in [-0.1, -0.05) is 62.2 Å². The van der Waals surface area contributed by atoms with Gasteiger partial charge in [0.05, 0.1) is 11.9 Å². The quantitative estimate of drug-likeness (QED) is 0.512. The van der Waals surface area contributed by atoms with Crippen molar-refractivity contribution in [2.45, 2.75) is 64.5 Å². The molecular formula is C27H37N3O4S. The van der Waals surface area contributed by atoms with E-state index in [-0.39, 0.29) is 18.5 Å². The minimum Gasteiger partial charge on any atom is -0.352 e. The van der Waals surface area contributed by atoms with E-state index in [0.29, 0.717) is 18.7 Å². The number of carbonyl (C=O) groups is 2. The highest BCUT2D eigenvalue weighted by molar-refractivity contribution is 7.92. The van der Waals surface area contributed by atoms with Crippen molar-refractivity contribution in [1.82, 2.24) is 10.2 Å². The Morgan fingerprint density at radius 1 is 1.00 bits per heavy atom. The molecule has 35 heavy (non-hydrogen) atoms. The predicted octanol–water partition coefficient (Wildman–Crippen LogP) is 3.53. The Bertz CT molecular complexity index is 1080. The molecule has 2 amide bonds. The summed E-state index contributed by atoms with van der Waals surface area (Å²) in [6, 6.07) is 16.3. The average molecular weight is 500 g/mol. The number of amides is 2. The van der Waals surface area contributed by atoms with Crippen LogP contribution in [0.4, 0.5) is 5.69 Å². The molecule has 0 heterocycles. The molecule has 1 aliphatic rings. The van der Waals surface area contributed by atoms with Gasteiger partial charge < -0.3 is 10.2 Å². The van der Waals surface area contributed by atoms with Crippen molar-refractivity contribution in [1.29, 1.82) is 0 Å². The minimum absolute atomic E-state index is 0.139. The fourth-order valence-electron chi connectivity index (χ4n) is 4.47. The van der Waals surface area contributed by atoms with E-state index < -0.39 is 22.0 Å². The highest BCUT2D eigenvalue weighted by Crippen LogP contribution is 2.21. The topological polar surface area (TPSA) is 86.8 Å². The van der Waals surface area contributed by atoms with E-state index in [9.17, 15) is 18.0 Å². The Morgan fingerprint density at radius 2 is 1.63 bits per heavy atom. The Kier molecular flexibility index (Phi) is 9.32. The summed E-state index contributed by atoms with van der Waals surface area (Å²) in [5, 5.41) is 3.08. The van der Waals surface area contributed by atoms with Crippen LogP contribution in [0.15, 0.2) is 54.6 Å². The molecule has 1 N–H and O–H groups in total. The first kappa shape index (κ1) is 26.7. The molecule has 1 aliphatic carbocycles. The third kappa shape index (κ3) is 7.56. The number of sulfonamides is 1. The summed E-state index contributed by atoms with van der Waals surface area (Å²) in [4.78, 5) is 28.1. The monoisotopic (exact) mass is 499 g/mol. The van der Waals surface area contributed by atoms with E-state index in [1.165, 1.54) is 4.90 Å². The molecule has 190 valence electrons. The molecule has 3 rings (SSSR count). The summed E-state index contributed by atoms with van der Waals surface area (Å²) in [5.74, 6) is -0.600. The lowest BCUT2D eigenvalue weighted by Crippen LogP contribution is -2.53. The Labute approximate surface area is 209 Å². The third-order valence-corrected chi connectivity index (χ3v) is 7.81. The Balaban J connectivity index is 1.81. The SMILES string of the molecule is CCc1ccc(N(CC(=O)N(CCc2ccccc2)C(C)C(=O)NC2CCCC2)S(C)(=O)=O)cc1. The van der Waals surface area contributed by atoms with Gasteiger partial charge in [-0.3, -0.25) is 13.9 Å². The van der Waals surface area contributed by atoms with E-state index >= 15 is 0 Å². The summed E-state index contributed by atoms with van der Waals surface area (Å²) >= 11 is 0. The maximum atomic E-state index is 13.5. The van der Waals surface area contributed by atoms with Crippen molar-refractivity contribution in [2.75, 3.05) is 23.7 Å². The second-order valence-electron chi connectivity index (χ2n) is 9.28. The number of hydrogen-bond donors (Lipinski definition) is 1. The number of aryl methyl sites for hydroxylation is 1. The Hall–Kier alpha value is -2.87. The van der Waals surface area contributed by atoms with E-state index in [0.717, 1.165) is 53.8 Å². The number of anilines is 1. The molecule has 0 bridgehead atoms. The smallest absolute Gasteiger partial charge is 0.244 e. The second kappa shape index (κ2) is 12.2. The van der Waals surface area contributed by atoms with Crippen LogP contribution in [0.5, 0.6) is 0 Å². The molecule has 0 aliphatic heterocycles. The summed E-state index contributed by atoms with van der Waals surface area (Å²) in [6.07, 6.45) is 6.58. The molecule has 1 fully saturated rings. The number of carbonyl (C=O) groups excluding carboxylic acids is 2. The third-order valence-electron chi connectivity index (χ3n) is 6.66. The minimum atomic E-state index is -3.71. The van der Waals surface area contributed by atoms with Crippen molar-refractivity contribution in [3.8, 4) is 0 Å². The molecule has 0 aromatic heterocycles.